The first-order valence-electron chi connectivity index (χ1n) is 8.92. The van der Waals surface area contributed by atoms with Crippen LogP contribution < -0.4 is 16.0 Å². The van der Waals surface area contributed by atoms with E-state index in [2.05, 4.69) is 30.9 Å². The Morgan fingerprint density at radius 2 is 2.03 bits per heavy atom. The Morgan fingerprint density at radius 3 is 2.90 bits per heavy atom. The average Bonchev–Trinajstić information content (AvgIpc) is 3.39. The standard InChI is InChI=1S/C19H16F2N6OS2/c20-8-11-2-1-3-13(15(11)21)26-18(28)27-19-23-9-12(30-19)4-6-22-17-16-14(5-7-29-16)24-10-25-17/h1-3,5,7,9-10H,4,6,8H2,(H,22,24,25)(H2,23,26,27,28). The minimum absolute atomic E-state index is 0.0895. The Labute approximate surface area is 178 Å². The van der Waals surface area contributed by atoms with Crippen LogP contribution in [0.2, 0.25) is 0 Å². The number of alkyl halides is 1. The molecule has 0 aliphatic rings. The van der Waals surface area contributed by atoms with Crippen molar-refractivity contribution in [2.24, 2.45) is 0 Å². The highest BCUT2D eigenvalue weighted by Crippen LogP contribution is 2.25. The van der Waals surface area contributed by atoms with Gasteiger partial charge in [-0.3, -0.25) is 5.32 Å². The first-order valence-corrected chi connectivity index (χ1v) is 10.6. The lowest BCUT2D eigenvalue weighted by Gasteiger charge is -2.08. The predicted octanol–water partition coefficient (Wildman–Crippen LogP) is 5.06. The van der Waals surface area contributed by atoms with Gasteiger partial charge in [0, 0.05) is 29.6 Å². The molecule has 4 aromatic rings. The number of aromatic nitrogens is 3. The maximum Gasteiger partial charge on any atom is 0.325 e. The van der Waals surface area contributed by atoms with Crippen LogP contribution in [0.3, 0.4) is 0 Å². The van der Waals surface area contributed by atoms with Crippen molar-refractivity contribution in [3.63, 3.8) is 0 Å². The molecule has 0 unspecified atom stereocenters. The Bertz CT molecular complexity index is 1180. The molecule has 1 aromatic carbocycles. The van der Waals surface area contributed by atoms with Crippen molar-refractivity contribution in [1.29, 1.82) is 0 Å². The molecule has 0 saturated heterocycles. The number of amides is 2. The largest absolute Gasteiger partial charge is 0.368 e. The SMILES string of the molecule is O=C(Nc1ncc(CCNc2ncnc3ccsc23)s1)Nc1cccc(CF)c1F. The van der Waals surface area contributed by atoms with Crippen LogP contribution in [0.15, 0.2) is 42.2 Å². The van der Waals surface area contributed by atoms with Gasteiger partial charge in [-0.05, 0) is 17.5 Å². The summed E-state index contributed by atoms with van der Waals surface area (Å²) in [6, 6.07) is 5.46. The van der Waals surface area contributed by atoms with Crippen molar-refractivity contribution in [3.05, 3.63) is 58.4 Å². The second kappa shape index (κ2) is 9.09. The molecule has 3 heterocycles. The Hall–Kier alpha value is -3.18. The van der Waals surface area contributed by atoms with Gasteiger partial charge in [-0.15, -0.1) is 22.7 Å². The summed E-state index contributed by atoms with van der Waals surface area (Å²) in [5, 5.41) is 10.6. The third kappa shape index (κ3) is 4.52. The molecule has 0 aliphatic carbocycles. The molecule has 4 rings (SSSR count). The number of halogens is 2. The fraction of sp³-hybridized carbons (Fsp3) is 0.158. The fourth-order valence-corrected chi connectivity index (χ4v) is 4.35. The summed E-state index contributed by atoms with van der Waals surface area (Å²) in [7, 11) is 0. The Balaban J connectivity index is 1.31. The molecule has 0 saturated carbocycles. The number of carbonyl (C=O) groups is 1. The molecule has 3 aromatic heterocycles. The second-order valence-electron chi connectivity index (χ2n) is 6.16. The van der Waals surface area contributed by atoms with Gasteiger partial charge in [0.25, 0.3) is 0 Å². The molecule has 0 fully saturated rings. The molecular formula is C19H16F2N6OS2. The van der Waals surface area contributed by atoms with Crippen LogP contribution in [0.5, 0.6) is 0 Å². The van der Waals surface area contributed by atoms with Gasteiger partial charge in [-0.2, -0.15) is 0 Å². The number of anilines is 3. The van der Waals surface area contributed by atoms with Crippen molar-refractivity contribution in [1.82, 2.24) is 15.0 Å². The third-order valence-corrected chi connectivity index (χ3v) is 6.03. The van der Waals surface area contributed by atoms with Gasteiger partial charge in [0.2, 0.25) is 0 Å². The molecule has 154 valence electrons. The van der Waals surface area contributed by atoms with Crippen LogP contribution in [0, 0.1) is 5.82 Å². The van der Waals surface area contributed by atoms with E-state index in [1.54, 1.807) is 17.5 Å². The van der Waals surface area contributed by atoms with E-state index in [1.807, 2.05) is 11.4 Å². The van der Waals surface area contributed by atoms with Crippen LogP contribution in [0.25, 0.3) is 10.2 Å². The van der Waals surface area contributed by atoms with E-state index in [9.17, 15) is 13.6 Å². The van der Waals surface area contributed by atoms with E-state index in [1.165, 1.54) is 35.9 Å². The monoisotopic (exact) mass is 446 g/mol. The lowest BCUT2D eigenvalue weighted by Crippen LogP contribution is -2.20. The van der Waals surface area contributed by atoms with Gasteiger partial charge in [0.1, 0.15) is 18.8 Å². The summed E-state index contributed by atoms with van der Waals surface area (Å²) in [6.45, 7) is -0.307. The van der Waals surface area contributed by atoms with E-state index in [0.29, 0.717) is 18.1 Å². The quantitative estimate of drug-likeness (QED) is 0.369. The summed E-state index contributed by atoms with van der Waals surface area (Å²) >= 11 is 2.89. The highest BCUT2D eigenvalue weighted by molar-refractivity contribution is 7.17. The zero-order chi connectivity index (χ0) is 20.9. The number of urea groups is 1. The molecule has 30 heavy (non-hydrogen) atoms. The summed E-state index contributed by atoms with van der Waals surface area (Å²) in [5.41, 5.74) is 0.704. The Kier molecular flexibility index (Phi) is 6.10. The van der Waals surface area contributed by atoms with E-state index in [0.717, 1.165) is 20.9 Å². The third-order valence-electron chi connectivity index (χ3n) is 4.15. The molecule has 0 radical (unpaired) electrons. The van der Waals surface area contributed by atoms with Crippen molar-refractivity contribution >= 4 is 55.6 Å². The number of thiazole rings is 1. The number of thiophene rings is 1. The molecule has 0 atom stereocenters. The number of rotatable bonds is 7. The summed E-state index contributed by atoms with van der Waals surface area (Å²) in [4.78, 5) is 25.7. The van der Waals surface area contributed by atoms with Crippen LogP contribution in [-0.2, 0) is 13.1 Å². The highest BCUT2D eigenvalue weighted by Gasteiger charge is 2.12. The predicted molar refractivity (Wildman–Crippen MR) is 116 cm³/mol. The van der Waals surface area contributed by atoms with E-state index < -0.39 is 18.5 Å². The number of nitrogens with one attached hydrogen (secondary N) is 3. The molecule has 7 nitrogen and oxygen atoms in total. The maximum absolute atomic E-state index is 14.0. The Morgan fingerprint density at radius 1 is 1.13 bits per heavy atom. The van der Waals surface area contributed by atoms with Crippen LogP contribution in [0.1, 0.15) is 10.4 Å². The molecule has 3 N–H and O–H groups in total. The topological polar surface area (TPSA) is 91.8 Å². The summed E-state index contributed by atoms with van der Waals surface area (Å²) < 4.78 is 27.8. The minimum atomic E-state index is -0.945. The normalized spacial score (nSPS) is 10.9. The van der Waals surface area contributed by atoms with E-state index in [4.69, 9.17) is 0 Å². The summed E-state index contributed by atoms with van der Waals surface area (Å²) in [6.07, 6.45) is 3.88. The van der Waals surface area contributed by atoms with Crippen LogP contribution in [0.4, 0.5) is 30.2 Å². The molecular weight excluding hydrogens is 430 g/mol. The first kappa shape index (κ1) is 20.1. The van der Waals surface area contributed by atoms with Crippen molar-refractivity contribution in [2.45, 2.75) is 13.1 Å². The van der Waals surface area contributed by atoms with Crippen LogP contribution in [-0.4, -0.2) is 27.5 Å². The lowest BCUT2D eigenvalue weighted by molar-refractivity contribution is 0.262. The fourth-order valence-electron chi connectivity index (χ4n) is 2.73. The van der Waals surface area contributed by atoms with Crippen molar-refractivity contribution in [3.8, 4) is 0 Å². The number of nitrogens with zero attached hydrogens (tertiary/aromatic N) is 3. The van der Waals surface area contributed by atoms with Crippen LogP contribution >= 0.6 is 22.7 Å². The number of hydrogen-bond donors (Lipinski definition) is 3. The van der Waals surface area contributed by atoms with Gasteiger partial charge in [-0.25, -0.2) is 28.5 Å². The molecule has 0 bridgehead atoms. The smallest absolute Gasteiger partial charge is 0.325 e. The highest BCUT2D eigenvalue weighted by atomic mass is 32.1. The maximum atomic E-state index is 14.0. The van der Waals surface area contributed by atoms with E-state index in [-0.39, 0.29) is 11.3 Å². The average molecular weight is 447 g/mol. The van der Waals surface area contributed by atoms with Gasteiger partial charge in [-0.1, -0.05) is 12.1 Å². The number of fused-ring (bicyclic) bond motifs is 1. The molecule has 2 amide bonds. The first-order chi connectivity index (χ1) is 14.6. The van der Waals surface area contributed by atoms with Crippen molar-refractivity contribution < 1.29 is 13.6 Å². The molecule has 0 spiro atoms. The number of hydrogen-bond acceptors (Lipinski definition) is 7. The molecule has 0 aliphatic heterocycles. The second-order valence-corrected chi connectivity index (χ2v) is 8.19. The van der Waals surface area contributed by atoms with Gasteiger partial charge < -0.3 is 10.6 Å². The van der Waals surface area contributed by atoms with Gasteiger partial charge in [0.15, 0.2) is 10.9 Å². The number of carbonyl (C=O) groups excluding carboxylic acids is 1. The van der Waals surface area contributed by atoms with E-state index >= 15 is 0 Å². The molecule has 11 heteroatoms. The van der Waals surface area contributed by atoms with Gasteiger partial charge >= 0.3 is 6.03 Å². The zero-order valence-electron chi connectivity index (χ0n) is 15.5. The van der Waals surface area contributed by atoms with Crippen molar-refractivity contribution in [2.75, 3.05) is 22.5 Å². The minimum Gasteiger partial charge on any atom is -0.368 e. The summed E-state index contributed by atoms with van der Waals surface area (Å²) in [5.74, 6) is 0.000370. The van der Waals surface area contributed by atoms with Gasteiger partial charge in [0.05, 0.1) is 15.9 Å². The lowest BCUT2D eigenvalue weighted by atomic mass is 10.2. The zero-order valence-corrected chi connectivity index (χ0v) is 17.1. The number of benzene rings is 1.